The van der Waals surface area contributed by atoms with Crippen molar-refractivity contribution >= 4 is 23.2 Å². The molecule has 1 heterocycles. The first-order valence-corrected chi connectivity index (χ1v) is 8.35. The fourth-order valence-electron chi connectivity index (χ4n) is 2.72. The maximum atomic E-state index is 14.1. The van der Waals surface area contributed by atoms with E-state index in [1.54, 1.807) is 12.3 Å². The highest BCUT2D eigenvalue weighted by atomic mass is 35.5. The van der Waals surface area contributed by atoms with Gasteiger partial charge in [0.25, 0.3) is 0 Å². The SMILES string of the molecule is Cc1cccc(C(Nc2cncc(-c3cc(Cl)ccc3F)c2)C(N)=O)c1. The predicted octanol–water partition coefficient (Wildman–Crippen LogP) is 4.49. The van der Waals surface area contributed by atoms with Gasteiger partial charge in [0.05, 0.1) is 11.9 Å². The summed E-state index contributed by atoms with van der Waals surface area (Å²) in [5, 5.41) is 3.50. The van der Waals surface area contributed by atoms with Crippen LogP contribution in [0, 0.1) is 12.7 Å². The third kappa shape index (κ3) is 4.00. The zero-order valence-corrected chi connectivity index (χ0v) is 14.8. The van der Waals surface area contributed by atoms with Crippen molar-refractivity contribution in [2.75, 3.05) is 5.32 Å². The van der Waals surface area contributed by atoms with Gasteiger partial charge in [0.2, 0.25) is 5.91 Å². The average molecular weight is 370 g/mol. The van der Waals surface area contributed by atoms with Crippen LogP contribution in [0.5, 0.6) is 0 Å². The molecule has 0 radical (unpaired) electrons. The predicted molar refractivity (Wildman–Crippen MR) is 101 cm³/mol. The van der Waals surface area contributed by atoms with Crippen LogP contribution in [0.1, 0.15) is 17.2 Å². The van der Waals surface area contributed by atoms with Gasteiger partial charge >= 0.3 is 0 Å². The average Bonchev–Trinajstić information content (AvgIpc) is 2.61. The number of amides is 1. The molecule has 1 unspecified atom stereocenters. The topological polar surface area (TPSA) is 68.0 Å². The molecule has 1 atom stereocenters. The maximum Gasteiger partial charge on any atom is 0.244 e. The summed E-state index contributed by atoms with van der Waals surface area (Å²) in [6, 6.07) is 12.8. The van der Waals surface area contributed by atoms with Crippen LogP contribution in [-0.4, -0.2) is 10.9 Å². The van der Waals surface area contributed by atoms with Crippen LogP contribution in [0.15, 0.2) is 60.9 Å². The van der Waals surface area contributed by atoms with Gasteiger partial charge in [-0.1, -0.05) is 41.4 Å². The molecule has 0 bridgehead atoms. The van der Waals surface area contributed by atoms with Crippen molar-refractivity contribution < 1.29 is 9.18 Å². The van der Waals surface area contributed by atoms with Gasteiger partial charge in [0.1, 0.15) is 11.9 Å². The highest BCUT2D eigenvalue weighted by molar-refractivity contribution is 6.30. The van der Waals surface area contributed by atoms with Gasteiger partial charge in [0.15, 0.2) is 0 Å². The zero-order chi connectivity index (χ0) is 18.7. The van der Waals surface area contributed by atoms with Crippen LogP contribution in [0.4, 0.5) is 10.1 Å². The molecule has 2 aromatic carbocycles. The standard InChI is InChI=1S/C20H17ClFN3O/c1-12-3-2-4-13(7-12)19(20(23)26)25-16-8-14(10-24-11-16)17-9-15(21)5-6-18(17)22/h2-11,19,25H,1H3,(H2,23,26). The molecule has 1 aromatic heterocycles. The molecule has 1 amide bonds. The molecule has 0 spiro atoms. The number of carbonyl (C=O) groups excluding carboxylic acids is 1. The molecule has 4 nitrogen and oxygen atoms in total. The Morgan fingerprint density at radius 1 is 1.19 bits per heavy atom. The number of nitrogens with zero attached hydrogens (tertiary/aromatic N) is 1. The minimum absolute atomic E-state index is 0.333. The summed E-state index contributed by atoms with van der Waals surface area (Å²) in [4.78, 5) is 16.1. The molecule has 3 rings (SSSR count). The number of anilines is 1. The number of hydrogen-bond donors (Lipinski definition) is 2. The van der Waals surface area contributed by atoms with Crippen LogP contribution < -0.4 is 11.1 Å². The quantitative estimate of drug-likeness (QED) is 0.696. The lowest BCUT2D eigenvalue weighted by Crippen LogP contribution is -2.27. The van der Waals surface area contributed by atoms with E-state index < -0.39 is 17.8 Å². The lowest BCUT2D eigenvalue weighted by molar-refractivity contribution is -0.118. The molecule has 0 fully saturated rings. The Hall–Kier alpha value is -2.92. The number of aromatic nitrogens is 1. The van der Waals surface area contributed by atoms with Gasteiger partial charge in [-0.05, 0) is 36.8 Å². The van der Waals surface area contributed by atoms with E-state index in [1.165, 1.54) is 24.4 Å². The van der Waals surface area contributed by atoms with Crippen molar-refractivity contribution in [2.24, 2.45) is 5.73 Å². The maximum absolute atomic E-state index is 14.1. The molecule has 132 valence electrons. The second kappa shape index (κ2) is 7.54. The second-order valence-corrected chi connectivity index (χ2v) is 6.42. The number of nitrogens with two attached hydrogens (primary N) is 1. The van der Waals surface area contributed by atoms with Crippen LogP contribution in [0.25, 0.3) is 11.1 Å². The highest BCUT2D eigenvalue weighted by Gasteiger charge is 2.18. The number of rotatable bonds is 5. The number of primary amides is 1. The van der Waals surface area contributed by atoms with E-state index in [0.29, 0.717) is 21.8 Å². The van der Waals surface area contributed by atoms with Crippen molar-refractivity contribution in [2.45, 2.75) is 13.0 Å². The molecular weight excluding hydrogens is 353 g/mol. The Morgan fingerprint density at radius 3 is 2.73 bits per heavy atom. The fraction of sp³-hybridized carbons (Fsp3) is 0.100. The third-order valence-electron chi connectivity index (χ3n) is 3.95. The van der Waals surface area contributed by atoms with Gasteiger partial charge in [-0.3, -0.25) is 9.78 Å². The van der Waals surface area contributed by atoms with E-state index in [-0.39, 0.29) is 0 Å². The third-order valence-corrected chi connectivity index (χ3v) is 4.18. The Labute approximate surface area is 155 Å². The van der Waals surface area contributed by atoms with E-state index in [4.69, 9.17) is 17.3 Å². The van der Waals surface area contributed by atoms with E-state index in [9.17, 15) is 9.18 Å². The van der Waals surface area contributed by atoms with E-state index in [0.717, 1.165) is 11.1 Å². The molecule has 0 saturated heterocycles. The smallest absolute Gasteiger partial charge is 0.244 e. The molecule has 26 heavy (non-hydrogen) atoms. The Morgan fingerprint density at radius 2 is 2.00 bits per heavy atom. The monoisotopic (exact) mass is 369 g/mol. The van der Waals surface area contributed by atoms with Gasteiger partial charge < -0.3 is 11.1 Å². The molecule has 3 aromatic rings. The van der Waals surface area contributed by atoms with Crippen LogP contribution in [-0.2, 0) is 4.79 Å². The van der Waals surface area contributed by atoms with E-state index in [2.05, 4.69) is 10.3 Å². The van der Waals surface area contributed by atoms with Gasteiger partial charge in [-0.25, -0.2) is 4.39 Å². The minimum atomic E-state index is -0.726. The van der Waals surface area contributed by atoms with Crippen LogP contribution in [0.3, 0.4) is 0 Å². The number of pyridine rings is 1. The number of benzene rings is 2. The van der Waals surface area contributed by atoms with Crippen molar-refractivity contribution in [1.82, 2.24) is 4.98 Å². The summed E-state index contributed by atoms with van der Waals surface area (Å²) in [7, 11) is 0. The Kier molecular flexibility index (Phi) is 5.19. The van der Waals surface area contributed by atoms with Crippen LogP contribution in [0.2, 0.25) is 5.02 Å². The lowest BCUT2D eigenvalue weighted by atomic mass is 10.0. The summed E-state index contributed by atoms with van der Waals surface area (Å²) in [6.07, 6.45) is 3.09. The van der Waals surface area contributed by atoms with Gasteiger partial charge in [-0.15, -0.1) is 0 Å². The summed E-state index contributed by atoms with van der Waals surface area (Å²) in [5.41, 5.74) is 8.75. The van der Waals surface area contributed by atoms with Crippen molar-refractivity contribution in [1.29, 1.82) is 0 Å². The molecule has 0 aliphatic heterocycles. The Balaban J connectivity index is 1.94. The number of aryl methyl sites for hydroxylation is 1. The molecular formula is C20H17ClFN3O. The number of hydrogen-bond acceptors (Lipinski definition) is 3. The second-order valence-electron chi connectivity index (χ2n) is 5.98. The first-order valence-electron chi connectivity index (χ1n) is 7.97. The number of halogens is 2. The summed E-state index contributed by atoms with van der Waals surface area (Å²) in [6.45, 7) is 1.94. The van der Waals surface area contributed by atoms with E-state index in [1.807, 2.05) is 31.2 Å². The minimum Gasteiger partial charge on any atom is -0.369 e. The summed E-state index contributed by atoms with van der Waals surface area (Å²) in [5.74, 6) is -0.923. The summed E-state index contributed by atoms with van der Waals surface area (Å²) < 4.78 is 14.1. The zero-order valence-electron chi connectivity index (χ0n) is 14.0. The molecule has 3 N–H and O–H groups in total. The lowest BCUT2D eigenvalue weighted by Gasteiger charge is -2.18. The first kappa shape index (κ1) is 17.9. The van der Waals surface area contributed by atoms with Crippen molar-refractivity contribution in [3.63, 3.8) is 0 Å². The molecule has 0 aliphatic carbocycles. The first-order chi connectivity index (χ1) is 12.4. The number of carbonyl (C=O) groups is 1. The van der Waals surface area contributed by atoms with Crippen LogP contribution >= 0.6 is 11.6 Å². The fourth-order valence-corrected chi connectivity index (χ4v) is 2.89. The summed E-state index contributed by atoms with van der Waals surface area (Å²) >= 11 is 5.96. The van der Waals surface area contributed by atoms with E-state index >= 15 is 0 Å². The van der Waals surface area contributed by atoms with Gasteiger partial charge in [0, 0.05) is 22.3 Å². The van der Waals surface area contributed by atoms with Crippen molar-refractivity contribution in [3.05, 3.63) is 82.9 Å². The Bertz CT molecular complexity index is 961. The highest BCUT2D eigenvalue weighted by Crippen LogP contribution is 2.28. The molecule has 0 aliphatic rings. The largest absolute Gasteiger partial charge is 0.369 e. The van der Waals surface area contributed by atoms with Gasteiger partial charge in [-0.2, -0.15) is 0 Å². The van der Waals surface area contributed by atoms with Crippen molar-refractivity contribution in [3.8, 4) is 11.1 Å². The molecule has 6 heteroatoms. The number of nitrogens with one attached hydrogen (secondary N) is 1. The normalized spacial score (nSPS) is 11.8. The molecule has 0 saturated carbocycles.